The molecule has 0 radical (unpaired) electrons. The number of hydrogen-bond donors (Lipinski definition) is 1. The van der Waals surface area contributed by atoms with E-state index in [-0.39, 0.29) is 6.10 Å². The Morgan fingerprint density at radius 1 is 1.43 bits per heavy atom. The lowest BCUT2D eigenvalue weighted by Crippen LogP contribution is -2.14. The molecule has 2 heteroatoms. The van der Waals surface area contributed by atoms with Crippen molar-refractivity contribution in [2.24, 2.45) is 0 Å². The van der Waals surface area contributed by atoms with Crippen molar-refractivity contribution in [3.63, 3.8) is 0 Å². The minimum atomic E-state index is -0.171. The summed E-state index contributed by atoms with van der Waals surface area (Å²) >= 11 is 1.68. The van der Waals surface area contributed by atoms with E-state index < -0.39 is 0 Å². The molecule has 0 amide bonds. The Morgan fingerprint density at radius 3 is 1.86 bits per heavy atom. The highest BCUT2D eigenvalue weighted by Gasteiger charge is 2.03. The van der Waals surface area contributed by atoms with Gasteiger partial charge in [-0.25, -0.2) is 0 Å². The van der Waals surface area contributed by atoms with Crippen LogP contribution in [-0.4, -0.2) is 22.7 Å². The van der Waals surface area contributed by atoms with Gasteiger partial charge in [-0.1, -0.05) is 6.92 Å². The molecular weight excluding hydrogens is 108 g/mol. The SMILES string of the molecule is CS[C@@H](C)[C@H](C)O. The molecule has 7 heavy (non-hydrogen) atoms. The van der Waals surface area contributed by atoms with Crippen molar-refractivity contribution in [2.75, 3.05) is 6.26 Å². The summed E-state index contributed by atoms with van der Waals surface area (Å²) in [4.78, 5) is 0. The lowest BCUT2D eigenvalue weighted by Gasteiger charge is -2.09. The van der Waals surface area contributed by atoms with E-state index in [1.165, 1.54) is 0 Å². The maximum Gasteiger partial charge on any atom is 0.0627 e. The topological polar surface area (TPSA) is 20.2 Å². The van der Waals surface area contributed by atoms with Crippen LogP contribution in [-0.2, 0) is 0 Å². The maximum atomic E-state index is 8.80. The smallest absolute Gasteiger partial charge is 0.0627 e. The molecule has 0 spiro atoms. The van der Waals surface area contributed by atoms with Crippen molar-refractivity contribution in [1.82, 2.24) is 0 Å². The van der Waals surface area contributed by atoms with Crippen LogP contribution in [0, 0.1) is 0 Å². The molecule has 0 unspecified atom stereocenters. The van der Waals surface area contributed by atoms with Crippen LogP contribution in [0.2, 0.25) is 0 Å². The molecule has 0 rings (SSSR count). The normalized spacial score (nSPS) is 18.9. The van der Waals surface area contributed by atoms with Crippen LogP contribution in [0.5, 0.6) is 0 Å². The lowest BCUT2D eigenvalue weighted by molar-refractivity contribution is 0.196. The van der Waals surface area contributed by atoms with Crippen LogP contribution >= 0.6 is 11.8 Å². The van der Waals surface area contributed by atoms with E-state index in [4.69, 9.17) is 5.11 Å². The van der Waals surface area contributed by atoms with Crippen molar-refractivity contribution in [1.29, 1.82) is 0 Å². The summed E-state index contributed by atoms with van der Waals surface area (Å²) in [5.41, 5.74) is 0. The van der Waals surface area contributed by atoms with Crippen molar-refractivity contribution < 1.29 is 5.11 Å². The Bertz CT molecular complexity index is 45.3. The quantitative estimate of drug-likeness (QED) is 0.589. The van der Waals surface area contributed by atoms with Crippen molar-refractivity contribution in [3.05, 3.63) is 0 Å². The van der Waals surface area contributed by atoms with Crippen molar-refractivity contribution in [3.8, 4) is 0 Å². The average Bonchev–Trinajstić information content (AvgIpc) is 1.65. The molecule has 0 saturated heterocycles. The van der Waals surface area contributed by atoms with Gasteiger partial charge in [0.25, 0.3) is 0 Å². The zero-order chi connectivity index (χ0) is 5.86. The van der Waals surface area contributed by atoms with E-state index in [9.17, 15) is 0 Å². The second kappa shape index (κ2) is 3.33. The van der Waals surface area contributed by atoms with Gasteiger partial charge in [-0.05, 0) is 13.2 Å². The first-order valence-corrected chi connectivity index (χ1v) is 3.68. The van der Waals surface area contributed by atoms with Gasteiger partial charge in [-0.3, -0.25) is 0 Å². The van der Waals surface area contributed by atoms with Gasteiger partial charge in [0.15, 0.2) is 0 Å². The zero-order valence-corrected chi connectivity index (χ0v) is 5.83. The standard InChI is InChI=1S/C5H12OS/c1-4(6)5(2)7-3/h4-6H,1-3H3/t4-,5-/m0/s1. The fourth-order valence-corrected chi connectivity index (χ4v) is 0.591. The summed E-state index contributed by atoms with van der Waals surface area (Å²) in [5, 5.41) is 9.18. The zero-order valence-electron chi connectivity index (χ0n) is 5.01. The Kier molecular flexibility index (Phi) is 3.48. The minimum Gasteiger partial charge on any atom is -0.392 e. The molecule has 0 fully saturated rings. The second-order valence-electron chi connectivity index (χ2n) is 1.68. The highest BCUT2D eigenvalue weighted by molar-refractivity contribution is 7.99. The highest BCUT2D eigenvalue weighted by atomic mass is 32.2. The number of aliphatic hydroxyl groups is 1. The summed E-state index contributed by atoms with van der Waals surface area (Å²) in [6.45, 7) is 3.82. The van der Waals surface area contributed by atoms with Crippen molar-refractivity contribution in [2.45, 2.75) is 25.2 Å². The molecule has 1 nitrogen and oxygen atoms in total. The molecule has 2 atom stereocenters. The van der Waals surface area contributed by atoms with Gasteiger partial charge in [0.05, 0.1) is 6.10 Å². The molecular formula is C5H12OS. The third-order valence-corrected chi connectivity index (χ3v) is 2.19. The predicted octanol–water partition coefficient (Wildman–Crippen LogP) is 1.12. The van der Waals surface area contributed by atoms with E-state index in [0.717, 1.165) is 0 Å². The third-order valence-electron chi connectivity index (χ3n) is 1.05. The Balaban J connectivity index is 3.14. The van der Waals surface area contributed by atoms with Gasteiger partial charge < -0.3 is 5.11 Å². The largest absolute Gasteiger partial charge is 0.392 e. The Hall–Kier alpha value is 0.310. The molecule has 0 aromatic carbocycles. The number of hydrogen-bond acceptors (Lipinski definition) is 2. The number of aliphatic hydroxyl groups excluding tert-OH is 1. The Morgan fingerprint density at radius 2 is 1.86 bits per heavy atom. The average molecular weight is 120 g/mol. The molecule has 0 aliphatic rings. The van der Waals surface area contributed by atoms with E-state index in [2.05, 4.69) is 0 Å². The molecule has 0 aliphatic carbocycles. The highest BCUT2D eigenvalue weighted by Crippen LogP contribution is 2.08. The summed E-state index contributed by atoms with van der Waals surface area (Å²) in [7, 11) is 0. The van der Waals surface area contributed by atoms with E-state index in [0.29, 0.717) is 5.25 Å². The van der Waals surface area contributed by atoms with Gasteiger partial charge in [-0.2, -0.15) is 11.8 Å². The second-order valence-corrected chi connectivity index (χ2v) is 2.90. The van der Waals surface area contributed by atoms with E-state index in [1.807, 2.05) is 13.2 Å². The minimum absolute atomic E-state index is 0.171. The molecule has 0 saturated carbocycles. The monoisotopic (exact) mass is 120 g/mol. The third kappa shape index (κ3) is 2.94. The summed E-state index contributed by atoms with van der Waals surface area (Å²) in [6.07, 6.45) is 1.83. The molecule has 0 aromatic rings. The van der Waals surface area contributed by atoms with Crippen molar-refractivity contribution >= 4 is 11.8 Å². The fourth-order valence-electron chi connectivity index (χ4n) is 0.197. The van der Waals surface area contributed by atoms with Crippen LogP contribution in [0.3, 0.4) is 0 Å². The molecule has 0 aliphatic heterocycles. The predicted molar refractivity (Wildman–Crippen MR) is 34.7 cm³/mol. The van der Waals surface area contributed by atoms with Crippen LogP contribution < -0.4 is 0 Å². The van der Waals surface area contributed by atoms with Crippen LogP contribution in [0.4, 0.5) is 0 Å². The lowest BCUT2D eigenvalue weighted by atomic mass is 10.3. The van der Waals surface area contributed by atoms with Crippen LogP contribution in [0.25, 0.3) is 0 Å². The molecule has 0 bridgehead atoms. The van der Waals surface area contributed by atoms with Gasteiger partial charge in [0, 0.05) is 5.25 Å². The first-order chi connectivity index (χ1) is 3.18. The summed E-state index contributed by atoms with van der Waals surface area (Å²) < 4.78 is 0. The van der Waals surface area contributed by atoms with Gasteiger partial charge in [0.1, 0.15) is 0 Å². The molecule has 44 valence electrons. The van der Waals surface area contributed by atoms with Crippen LogP contribution in [0.1, 0.15) is 13.8 Å². The fraction of sp³-hybridized carbons (Fsp3) is 1.00. The van der Waals surface area contributed by atoms with Gasteiger partial charge in [0.2, 0.25) is 0 Å². The molecule has 0 aromatic heterocycles. The molecule has 1 N–H and O–H groups in total. The van der Waals surface area contributed by atoms with Gasteiger partial charge in [-0.15, -0.1) is 0 Å². The first kappa shape index (κ1) is 7.31. The number of thioether (sulfide) groups is 1. The summed E-state index contributed by atoms with van der Waals surface area (Å²) in [6, 6.07) is 0. The van der Waals surface area contributed by atoms with E-state index in [1.54, 1.807) is 18.7 Å². The molecule has 0 heterocycles. The summed E-state index contributed by atoms with van der Waals surface area (Å²) in [5.74, 6) is 0. The van der Waals surface area contributed by atoms with Crippen LogP contribution in [0.15, 0.2) is 0 Å². The van der Waals surface area contributed by atoms with Gasteiger partial charge >= 0.3 is 0 Å². The Labute approximate surface area is 49.1 Å². The first-order valence-electron chi connectivity index (χ1n) is 2.39. The van der Waals surface area contributed by atoms with E-state index >= 15 is 0 Å². The number of rotatable bonds is 2. The maximum absolute atomic E-state index is 8.80.